The van der Waals surface area contributed by atoms with Gasteiger partial charge in [-0.2, -0.15) is 0 Å². The van der Waals surface area contributed by atoms with Crippen molar-refractivity contribution >= 4 is 23.2 Å². The number of nitrogens with one attached hydrogen (secondary N) is 2. The molecule has 2 aromatic carbocycles. The van der Waals surface area contributed by atoms with Crippen LogP contribution in [0.1, 0.15) is 0 Å². The first kappa shape index (κ1) is 18.7. The summed E-state index contributed by atoms with van der Waals surface area (Å²) >= 11 is 0. The first-order chi connectivity index (χ1) is 13.0. The molecule has 1 unspecified atom stereocenters. The Bertz CT molecular complexity index is 794. The molecule has 0 bridgehead atoms. The van der Waals surface area contributed by atoms with Gasteiger partial charge in [-0.1, -0.05) is 0 Å². The van der Waals surface area contributed by atoms with Gasteiger partial charge in [-0.25, -0.2) is 4.79 Å². The molecule has 1 aliphatic heterocycles. The Kier molecular flexibility index (Phi) is 5.56. The molecule has 2 aromatic rings. The Balaban J connectivity index is 1.82. The normalized spacial score (nSPS) is 15.3. The molecule has 1 aliphatic rings. The van der Waals surface area contributed by atoms with Crippen molar-refractivity contribution in [1.29, 1.82) is 0 Å². The molecule has 0 saturated heterocycles. The summed E-state index contributed by atoms with van der Waals surface area (Å²) in [5.41, 5.74) is 8.27. The molecule has 0 radical (unpaired) electrons. The van der Waals surface area contributed by atoms with Gasteiger partial charge in [0.15, 0.2) is 6.29 Å². The fraction of sp³-hybridized carbons (Fsp3) is 0.316. The van der Waals surface area contributed by atoms with E-state index in [0.717, 1.165) is 17.9 Å². The van der Waals surface area contributed by atoms with Crippen LogP contribution in [-0.4, -0.2) is 51.6 Å². The largest absolute Gasteiger partial charge is 0.457 e. The van der Waals surface area contributed by atoms with Crippen molar-refractivity contribution < 1.29 is 14.3 Å². The SMILES string of the molecule is COC(=O)NC1Nc2ccc(Oc3ccc(N)cc3)cc2N1CCN(C)C. The molecule has 3 rings (SSSR count). The van der Waals surface area contributed by atoms with Crippen LogP contribution in [0.5, 0.6) is 11.5 Å². The minimum atomic E-state index is -0.492. The van der Waals surface area contributed by atoms with Crippen LogP contribution >= 0.6 is 0 Å². The van der Waals surface area contributed by atoms with Gasteiger partial charge in [0.2, 0.25) is 0 Å². The molecule has 0 saturated carbocycles. The molecule has 8 heteroatoms. The summed E-state index contributed by atoms with van der Waals surface area (Å²) in [6.45, 7) is 1.54. The van der Waals surface area contributed by atoms with Gasteiger partial charge < -0.3 is 30.3 Å². The van der Waals surface area contributed by atoms with E-state index in [4.69, 9.17) is 15.2 Å². The summed E-state index contributed by atoms with van der Waals surface area (Å²) in [5, 5.41) is 6.10. The lowest BCUT2D eigenvalue weighted by Crippen LogP contribution is -2.51. The van der Waals surface area contributed by atoms with E-state index in [9.17, 15) is 4.79 Å². The van der Waals surface area contributed by atoms with Gasteiger partial charge in [-0.3, -0.25) is 5.32 Å². The molecule has 1 heterocycles. The van der Waals surface area contributed by atoms with E-state index in [1.165, 1.54) is 7.11 Å². The second-order valence-corrected chi connectivity index (χ2v) is 6.53. The highest BCUT2D eigenvalue weighted by Crippen LogP contribution is 2.38. The number of anilines is 3. The fourth-order valence-electron chi connectivity index (χ4n) is 2.81. The highest BCUT2D eigenvalue weighted by Gasteiger charge is 2.30. The molecule has 0 aliphatic carbocycles. The Labute approximate surface area is 158 Å². The van der Waals surface area contributed by atoms with Crippen LogP contribution in [0.3, 0.4) is 0 Å². The third kappa shape index (κ3) is 4.53. The molecule has 0 spiro atoms. The number of nitrogens with two attached hydrogens (primary N) is 1. The van der Waals surface area contributed by atoms with E-state index < -0.39 is 6.09 Å². The predicted molar refractivity (Wildman–Crippen MR) is 106 cm³/mol. The second kappa shape index (κ2) is 8.05. The minimum absolute atomic E-state index is 0.390. The molecular weight excluding hydrogens is 346 g/mol. The van der Waals surface area contributed by atoms with E-state index >= 15 is 0 Å². The predicted octanol–water partition coefficient (Wildman–Crippen LogP) is 2.49. The number of benzene rings is 2. The van der Waals surface area contributed by atoms with Crippen molar-refractivity contribution in [2.24, 2.45) is 0 Å². The highest BCUT2D eigenvalue weighted by atomic mass is 16.5. The van der Waals surface area contributed by atoms with Crippen molar-refractivity contribution in [3.8, 4) is 11.5 Å². The standard InChI is InChI=1S/C19H25N5O3/c1-23(2)10-11-24-17-12-15(27-14-6-4-13(20)5-7-14)8-9-16(17)21-18(24)22-19(25)26-3/h4-9,12,18,21H,10-11,20H2,1-3H3,(H,22,25). The van der Waals surface area contributed by atoms with Gasteiger partial charge in [-0.05, 0) is 50.5 Å². The first-order valence-corrected chi connectivity index (χ1v) is 8.66. The van der Waals surface area contributed by atoms with Crippen LogP contribution in [0, 0.1) is 0 Å². The van der Waals surface area contributed by atoms with Gasteiger partial charge in [0, 0.05) is 24.8 Å². The number of methoxy groups -OCH3 is 1. The van der Waals surface area contributed by atoms with E-state index in [-0.39, 0.29) is 6.29 Å². The average molecular weight is 371 g/mol. The average Bonchev–Trinajstić information content (AvgIpc) is 2.98. The van der Waals surface area contributed by atoms with Crippen molar-refractivity contribution in [3.63, 3.8) is 0 Å². The van der Waals surface area contributed by atoms with Crippen LogP contribution in [0.2, 0.25) is 0 Å². The monoisotopic (exact) mass is 371 g/mol. The van der Waals surface area contributed by atoms with Crippen molar-refractivity contribution in [1.82, 2.24) is 10.2 Å². The van der Waals surface area contributed by atoms with E-state index in [2.05, 4.69) is 20.4 Å². The van der Waals surface area contributed by atoms with Crippen LogP contribution in [-0.2, 0) is 4.74 Å². The van der Waals surface area contributed by atoms with Gasteiger partial charge in [0.05, 0.1) is 18.5 Å². The maximum absolute atomic E-state index is 11.7. The molecule has 144 valence electrons. The van der Waals surface area contributed by atoms with Gasteiger partial charge >= 0.3 is 6.09 Å². The first-order valence-electron chi connectivity index (χ1n) is 8.66. The number of rotatable bonds is 6. The molecule has 1 amide bonds. The summed E-state index contributed by atoms with van der Waals surface area (Å²) < 4.78 is 10.7. The number of carbonyl (C=O) groups excluding carboxylic acids is 1. The number of nitrogen functional groups attached to an aromatic ring is 1. The number of alkyl carbamates (subject to hydrolysis) is 1. The quantitative estimate of drug-likeness (QED) is 0.672. The Morgan fingerprint density at radius 3 is 2.59 bits per heavy atom. The van der Waals surface area contributed by atoms with Gasteiger partial charge in [0.25, 0.3) is 0 Å². The third-order valence-corrected chi connectivity index (χ3v) is 4.23. The molecule has 4 N–H and O–H groups in total. The van der Waals surface area contributed by atoms with Crippen LogP contribution in [0.25, 0.3) is 0 Å². The van der Waals surface area contributed by atoms with Crippen molar-refractivity contribution in [2.45, 2.75) is 6.29 Å². The summed E-state index contributed by atoms with van der Waals surface area (Å²) in [7, 11) is 5.36. The molecule has 1 atom stereocenters. The number of amides is 1. The molecule has 0 aromatic heterocycles. The number of nitrogens with zero attached hydrogens (tertiary/aromatic N) is 2. The molecule has 8 nitrogen and oxygen atoms in total. The Morgan fingerprint density at radius 2 is 1.93 bits per heavy atom. The topological polar surface area (TPSA) is 92.1 Å². The number of hydrogen-bond donors (Lipinski definition) is 3. The zero-order valence-electron chi connectivity index (χ0n) is 15.7. The highest BCUT2D eigenvalue weighted by molar-refractivity contribution is 5.79. The maximum Gasteiger partial charge on any atom is 0.409 e. The zero-order chi connectivity index (χ0) is 19.4. The summed E-state index contributed by atoms with van der Waals surface area (Å²) in [5.74, 6) is 1.41. The van der Waals surface area contributed by atoms with E-state index in [1.54, 1.807) is 12.1 Å². The van der Waals surface area contributed by atoms with Gasteiger partial charge in [-0.15, -0.1) is 0 Å². The maximum atomic E-state index is 11.7. The van der Waals surface area contributed by atoms with E-state index in [0.29, 0.717) is 23.7 Å². The van der Waals surface area contributed by atoms with Crippen LogP contribution < -0.4 is 26.0 Å². The summed E-state index contributed by atoms with van der Waals surface area (Å²) in [4.78, 5) is 15.8. The van der Waals surface area contributed by atoms with Crippen molar-refractivity contribution in [2.75, 3.05) is 50.2 Å². The number of carbonyl (C=O) groups is 1. The number of hydrogen-bond acceptors (Lipinski definition) is 7. The fourth-order valence-corrected chi connectivity index (χ4v) is 2.81. The van der Waals surface area contributed by atoms with Crippen LogP contribution in [0.4, 0.5) is 21.9 Å². The minimum Gasteiger partial charge on any atom is -0.457 e. The van der Waals surface area contributed by atoms with Gasteiger partial charge in [0.1, 0.15) is 11.5 Å². The lowest BCUT2D eigenvalue weighted by Gasteiger charge is -2.28. The Hall–Kier alpha value is -3.13. The number of ether oxygens (including phenoxy) is 2. The Morgan fingerprint density at radius 1 is 1.22 bits per heavy atom. The molecular formula is C19H25N5O3. The molecule has 27 heavy (non-hydrogen) atoms. The number of fused-ring (bicyclic) bond motifs is 1. The van der Waals surface area contributed by atoms with E-state index in [1.807, 2.05) is 44.4 Å². The lowest BCUT2D eigenvalue weighted by atomic mass is 10.2. The third-order valence-electron chi connectivity index (χ3n) is 4.23. The summed E-state index contributed by atoms with van der Waals surface area (Å²) in [6, 6.07) is 13.0. The molecule has 0 fully saturated rings. The summed E-state index contributed by atoms with van der Waals surface area (Å²) in [6.07, 6.45) is -0.882. The number of likely N-dealkylation sites (N-methyl/N-ethyl adjacent to an activating group) is 1. The second-order valence-electron chi connectivity index (χ2n) is 6.53. The van der Waals surface area contributed by atoms with Crippen molar-refractivity contribution in [3.05, 3.63) is 42.5 Å². The van der Waals surface area contributed by atoms with Crippen LogP contribution in [0.15, 0.2) is 42.5 Å². The zero-order valence-corrected chi connectivity index (χ0v) is 15.7. The lowest BCUT2D eigenvalue weighted by molar-refractivity contribution is 0.167. The smallest absolute Gasteiger partial charge is 0.409 e.